The van der Waals surface area contributed by atoms with Gasteiger partial charge in [0, 0.05) is 24.6 Å². The van der Waals surface area contributed by atoms with Gasteiger partial charge in [-0.1, -0.05) is 30.1 Å². The van der Waals surface area contributed by atoms with Crippen LogP contribution < -0.4 is 5.32 Å². The van der Waals surface area contributed by atoms with Gasteiger partial charge in [0.1, 0.15) is 0 Å². The Labute approximate surface area is 139 Å². The minimum Gasteiger partial charge on any atom is -0.339 e. The number of aromatic nitrogens is 2. The minimum atomic E-state index is -0.381. The number of rotatable bonds is 6. The van der Waals surface area contributed by atoms with Crippen molar-refractivity contribution in [1.29, 1.82) is 0 Å². The third kappa shape index (κ3) is 2.91. The van der Waals surface area contributed by atoms with Gasteiger partial charge >= 0.3 is 0 Å². The summed E-state index contributed by atoms with van der Waals surface area (Å²) in [6.07, 6.45) is 6.55. The summed E-state index contributed by atoms with van der Waals surface area (Å²) in [4.78, 5) is 15.0. The maximum Gasteiger partial charge on any atom is 0.269 e. The van der Waals surface area contributed by atoms with Gasteiger partial charge in [0.05, 0.1) is 10.5 Å². The van der Waals surface area contributed by atoms with E-state index in [1.54, 1.807) is 12.1 Å². The molecule has 7 heteroatoms. The molecule has 0 radical (unpaired) electrons. The molecule has 1 aromatic heterocycles. The SMILES string of the molecule is O=[N+]([O-])c1ccc(CNC2(c3noc(C4CC4)n3)CCCC2)cc1. The van der Waals surface area contributed by atoms with Gasteiger partial charge in [-0.2, -0.15) is 4.98 Å². The molecule has 7 nitrogen and oxygen atoms in total. The monoisotopic (exact) mass is 328 g/mol. The number of nitrogens with one attached hydrogen (secondary N) is 1. The molecule has 4 rings (SSSR count). The zero-order chi connectivity index (χ0) is 16.6. The summed E-state index contributed by atoms with van der Waals surface area (Å²) in [6.45, 7) is 0.630. The second-order valence-electron chi connectivity index (χ2n) is 6.80. The van der Waals surface area contributed by atoms with Crippen molar-refractivity contribution < 1.29 is 9.45 Å². The number of nitrogens with zero attached hydrogens (tertiary/aromatic N) is 3. The maximum atomic E-state index is 10.7. The molecule has 0 bridgehead atoms. The van der Waals surface area contributed by atoms with E-state index in [9.17, 15) is 10.1 Å². The normalized spacial score (nSPS) is 19.5. The molecule has 1 aromatic carbocycles. The highest BCUT2D eigenvalue weighted by atomic mass is 16.6. The van der Waals surface area contributed by atoms with Crippen LogP contribution in [0.1, 0.15) is 61.7 Å². The van der Waals surface area contributed by atoms with Crippen molar-refractivity contribution in [2.45, 2.75) is 56.5 Å². The summed E-state index contributed by atoms with van der Waals surface area (Å²) in [6, 6.07) is 6.66. The van der Waals surface area contributed by atoms with Gasteiger partial charge in [0.15, 0.2) is 5.82 Å². The molecule has 2 aliphatic carbocycles. The van der Waals surface area contributed by atoms with Crippen LogP contribution in [0.5, 0.6) is 0 Å². The molecule has 2 fully saturated rings. The maximum absolute atomic E-state index is 10.7. The second-order valence-corrected chi connectivity index (χ2v) is 6.80. The fourth-order valence-corrected chi connectivity index (χ4v) is 3.39. The third-order valence-electron chi connectivity index (χ3n) is 5.03. The van der Waals surface area contributed by atoms with Crippen LogP contribution in [0.4, 0.5) is 5.69 Å². The van der Waals surface area contributed by atoms with Crippen molar-refractivity contribution in [1.82, 2.24) is 15.5 Å². The lowest BCUT2D eigenvalue weighted by molar-refractivity contribution is -0.384. The molecule has 2 saturated carbocycles. The lowest BCUT2D eigenvalue weighted by atomic mass is 9.96. The first-order chi connectivity index (χ1) is 11.7. The zero-order valence-electron chi connectivity index (χ0n) is 13.4. The Morgan fingerprint density at radius 2 is 1.96 bits per heavy atom. The molecule has 0 unspecified atom stereocenters. The largest absolute Gasteiger partial charge is 0.339 e. The van der Waals surface area contributed by atoms with Crippen molar-refractivity contribution in [2.75, 3.05) is 0 Å². The predicted molar refractivity (Wildman–Crippen MR) is 86.4 cm³/mol. The van der Waals surface area contributed by atoms with Crippen LogP contribution in [0.2, 0.25) is 0 Å². The predicted octanol–water partition coefficient (Wildman–Crippen LogP) is 3.41. The highest BCUT2D eigenvalue weighted by Gasteiger charge is 2.41. The van der Waals surface area contributed by atoms with E-state index in [0.29, 0.717) is 12.5 Å². The summed E-state index contributed by atoms with van der Waals surface area (Å²) in [5, 5.41) is 18.6. The van der Waals surface area contributed by atoms with E-state index in [0.717, 1.165) is 55.8 Å². The fraction of sp³-hybridized carbons (Fsp3) is 0.529. The van der Waals surface area contributed by atoms with E-state index in [4.69, 9.17) is 4.52 Å². The van der Waals surface area contributed by atoms with E-state index in [1.165, 1.54) is 12.1 Å². The zero-order valence-corrected chi connectivity index (χ0v) is 13.4. The van der Waals surface area contributed by atoms with E-state index in [2.05, 4.69) is 15.5 Å². The molecule has 24 heavy (non-hydrogen) atoms. The molecule has 1 N–H and O–H groups in total. The van der Waals surface area contributed by atoms with Crippen molar-refractivity contribution in [3.05, 3.63) is 51.7 Å². The van der Waals surface area contributed by atoms with Crippen LogP contribution in [0.15, 0.2) is 28.8 Å². The first kappa shape index (κ1) is 15.3. The first-order valence-electron chi connectivity index (χ1n) is 8.49. The van der Waals surface area contributed by atoms with E-state index < -0.39 is 0 Å². The van der Waals surface area contributed by atoms with Gasteiger partial charge in [-0.05, 0) is 31.2 Å². The fourth-order valence-electron chi connectivity index (χ4n) is 3.39. The molecular formula is C17H20N4O3. The highest BCUT2D eigenvalue weighted by Crippen LogP contribution is 2.42. The minimum absolute atomic E-state index is 0.113. The van der Waals surface area contributed by atoms with E-state index in [1.807, 2.05) is 0 Å². The number of benzene rings is 1. The highest BCUT2D eigenvalue weighted by molar-refractivity contribution is 5.33. The van der Waals surface area contributed by atoms with Crippen LogP contribution in [0, 0.1) is 10.1 Å². The van der Waals surface area contributed by atoms with Gasteiger partial charge < -0.3 is 9.84 Å². The Morgan fingerprint density at radius 1 is 1.25 bits per heavy atom. The molecule has 126 valence electrons. The Balaban J connectivity index is 1.49. The summed E-state index contributed by atoms with van der Waals surface area (Å²) >= 11 is 0. The van der Waals surface area contributed by atoms with Gasteiger partial charge in [0.2, 0.25) is 5.89 Å². The lowest BCUT2D eigenvalue weighted by Gasteiger charge is -2.27. The summed E-state index contributed by atoms with van der Waals surface area (Å²) in [7, 11) is 0. The quantitative estimate of drug-likeness (QED) is 0.645. The van der Waals surface area contributed by atoms with Crippen LogP contribution in [-0.2, 0) is 12.1 Å². The Morgan fingerprint density at radius 3 is 2.58 bits per heavy atom. The lowest BCUT2D eigenvalue weighted by Crippen LogP contribution is -2.40. The average Bonchev–Trinajstić information content (AvgIpc) is 3.12. The number of hydrogen-bond acceptors (Lipinski definition) is 6. The average molecular weight is 328 g/mol. The van der Waals surface area contributed by atoms with Crippen molar-refractivity contribution in [2.24, 2.45) is 0 Å². The summed E-state index contributed by atoms with van der Waals surface area (Å²) in [5.41, 5.74) is 0.887. The molecule has 0 spiro atoms. The molecule has 1 heterocycles. The standard InChI is InChI=1S/C17H20N4O3/c22-21(23)14-7-3-12(4-8-14)11-18-17(9-1-2-10-17)16-19-15(24-20-16)13-5-6-13/h3-4,7-8,13,18H,1-2,5-6,9-11H2. The van der Waals surface area contributed by atoms with Gasteiger partial charge in [-0.15, -0.1) is 0 Å². The third-order valence-corrected chi connectivity index (χ3v) is 5.03. The molecule has 2 aromatic rings. The topological polar surface area (TPSA) is 94.1 Å². The summed E-state index contributed by atoms with van der Waals surface area (Å²) < 4.78 is 5.44. The van der Waals surface area contributed by atoms with E-state index >= 15 is 0 Å². The van der Waals surface area contributed by atoms with Crippen molar-refractivity contribution in [3.8, 4) is 0 Å². The molecule has 0 amide bonds. The van der Waals surface area contributed by atoms with E-state index in [-0.39, 0.29) is 16.1 Å². The summed E-state index contributed by atoms with van der Waals surface area (Å²) in [5.74, 6) is 2.00. The van der Waals surface area contributed by atoms with Crippen LogP contribution in [-0.4, -0.2) is 15.1 Å². The smallest absolute Gasteiger partial charge is 0.269 e. The van der Waals surface area contributed by atoms with Crippen LogP contribution in [0.25, 0.3) is 0 Å². The second kappa shape index (κ2) is 5.98. The van der Waals surface area contributed by atoms with Gasteiger partial charge in [0.25, 0.3) is 5.69 Å². The molecular weight excluding hydrogens is 308 g/mol. The Kier molecular flexibility index (Phi) is 3.80. The number of hydrogen-bond donors (Lipinski definition) is 1. The Bertz CT molecular complexity index is 731. The molecule has 0 aliphatic heterocycles. The van der Waals surface area contributed by atoms with Crippen molar-refractivity contribution >= 4 is 5.69 Å². The number of nitro benzene ring substituents is 1. The van der Waals surface area contributed by atoms with Crippen LogP contribution >= 0.6 is 0 Å². The number of non-ortho nitro benzene ring substituents is 1. The molecule has 0 saturated heterocycles. The van der Waals surface area contributed by atoms with Crippen molar-refractivity contribution in [3.63, 3.8) is 0 Å². The van der Waals surface area contributed by atoms with Gasteiger partial charge in [-0.3, -0.25) is 10.1 Å². The Hall–Kier alpha value is -2.28. The first-order valence-corrected chi connectivity index (χ1v) is 8.49. The van der Waals surface area contributed by atoms with Crippen LogP contribution in [0.3, 0.4) is 0 Å². The molecule has 2 aliphatic rings. The van der Waals surface area contributed by atoms with Gasteiger partial charge in [-0.25, -0.2) is 0 Å². The molecule has 0 atom stereocenters. The number of nitro groups is 1.